The van der Waals surface area contributed by atoms with Crippen molar-refractivity contribution in [3.8, 4) is 0 Å². The van der Waals surface area contributed by atoms with Crippen LogP contribution in [0.2, 0.25) is 0 Å². The normalized spacial score (nSPS) is 17.2. The van der Waals surface area contributed by atoms with Gasteiger partial charge in [-0.25, -0.2) is 0 Å². The van der Waals surface area contributed by atoms with E-state index >= 15 is 0 Å². The summed E-state index contributed by atoms with van der Waals surface area (Å²) in [6.07, 6.45) is -9.00. The number of benzene rings is 2. The Bertz CT molecular complexity index is 1700. The molecule has 16 heteroatoms. The molecule has 2 aliphatic heterocycles. The molecular formula is C29H26F6N6O3S. The van der Waals surface area contributed by atoms with E-state index in [0.29, 0.717) is 50.6 Å². The molecule has 0 spiro atoms. The van der Waals surface area contributed by atoms with E-state index in [-0.39, 0.29) is 29.0 Å². The number of hydrogen-bond donors (Lipinski definition) is 0. The zero-order valence-electron chi connectivity index (χ0n) is 23.7. The van der Waals surface area contributed by atoms with Gasteiger partial charge in [-0.2, -0.15) is 31.1 Å². The molecular weight excluding hydrogens is 626 g/mol. The molecule has 0 fully saturated rings. The lowest BCUT2D eigenvalue weighted by atomic mass is 9.95. The molecule has 0 saturated carbocycles. The van der Waals surface area contributed by atoms with Crippen LogP contribution in [0.4, 0.5) is 38.0 Å². The van der Waals surface area contributed by atoms with E-state index in [0.717, 1.165) is 27.2 Å². The number of anilines is 2. The molecule has 4 heterocycles. The van der Waals surface area contributed by atoms with Crippen LogP contribution in [0.3, 0.4) is 0 Å². The first-order valence-electron chi connectivity index (χ1n) is 13.8. The Labute approximate surface area is 255 Å². The highest BCUT2D eigenvalue weighted by atomic mass is 32.2. The lowest BCUT2D eigenvalue weighted by molar-refractivity contribution is -0.254. The number of aryl methyl sites for hydroxylation is 1. The third-order valence-corrected chi connectivity index (χ3v) is 9.81. The summed E-state index contributed by atoms with van der Waals surface area (Å²) in [6, 6.07) is 8.05. The maximum atomic E-state index is 13.7. The molecule has 0 N–H and O–H groups in total. The second-order valence-electron chi connectivity index (χ2n) is 10.9. The van der Waals surface area contributed by atoms with Crippen LogP contribution in [0.15, 0.2) is 47.8 Å². The molecule has 9 nitrogen and oxygen atoms in total. The van der Waals surface area contributed by atoms with Crippen molar-refractivity contribution in [2.24, 2.45) is 7.05 Å². The molecule has 0 aliphatic carbocycles. The molecule has 2 atom stereocenters. The molecule has 6 rings (SSSR count). The average molecular weight is 653 g/mol. The first-order chi connectivity index (χ1) is 21.3. The van der Waals surface area contributed by atoms with Gasteiger partial charge in [-0.1, -0.05) is 5.10 Å². The fourth-order valence-electron chi connectivity index (χ4n) is 5.84. The van der Waals surface area contributed by atoms with Crippen LogP contribution >= 0.6 is 10.5 Å². The summed E-state index contributed by atoms with van der Waals surface area (Å²) in [5, 5.41) is 25.8. The van der Waals surface area contributed by atoms with E-state index in [9.17, 15) is 36.2 Å². The van der Waals surface area contributed by atoms with Gasteiger partial charge in [-0.15, -0.1) is 5.10 Å². The molecule has 0 radical (unpaired) electrons. The van der Waals surface area contributed by atoms with Gasteiger partial charge in [-0.05, 0) is 76.7 Å². The maximum absolute atomic E-state index is 13.7. The van der Waals surface area contributed by atoms with Crippen molar-refractivity contribution in [3.05, 3.63) is 86.1 Å². The van der Waals surface area contributed by atoms with Gasteiger partial charge in [0.1, 0.15) is 11.3 Å². The highest BCUT2D eigenvalue weighted by Gasteiger charge is 2.38. The fraction of sp³-hybridized carbons (Fsp3) is 0.379. The Kier molecular flexibility index (Phi) is 7.97. The van der Waals surface area contributed by atoms with Crippen molar-refractivity contribution in [2.45, 2.75) is 56.9 Å². The quantitative estimate of drug-likeness (QED) is 0.194. The van der Waals surface area contributed by atoms with E-state index < -0.39 is 46.0 Å². The Hall–Kier alpha value is -4.18. The van der Waals surface area contributed by atoms with Crippen LogP contribution in [0, 0.1) is 0 Å². The number of aromatic carboxylic acids is 1. The van der Waals surface area contributed by atoms with Crippen molar-refractivity contribution in [1.82, 2.24) is 20.2 Å². The van der Waals surface area contributed by atoms with Gasteiger partial charge < -0.3 is 24.4 Å². The van der Waals surface area contributed by atoms with E-state index in [1.54, 1.807) is 11.0 Å². The van der Waals surface area contributed by atoms with Crippen molar-refractivity contribution in [1.29, 1.82) is 0 Å². The number of fused-ring (bicyclic) bond motifs is 2. The standard InChI is InChI=1S/C29H26F6N6O3S/c1-39-37-27(36-38-39)41(13-17-8-20(28(30,31)32)12-21(9-17)29(33,34)35)23-4-2-6-40(16-45-7-3-5-25(45)26(42)43)24-11-19-15-44-14-18(19)10-22(23)24/h3,5,7-12,23H,2,4,6,13-16H2,1H3/t23-,45?/m0/s1. The van der Waals surface area contributed by atoms with Gasteiger partial charge in [0.25, 0.3) is 5.95 Å². The summed E-state index contributed by atoms with van der Waals surface area (Å²) >= 11 is 0. The highest BCUT2D eigenvalue weighted by molar-refractivity contribution is 7.30. The number of thiophene rings is 1. The van der Waals surface area contributed by atoms with Crippen molar-refractivity contribution in [2.75, 3.05) is 16.3 Å². The maximum Gasteiger partial charge on any atom is 0.416 e. The number of ether oxygens (including phenoxy) is 1. The van der Waals surface area contributed by atoms with Gasteiger partial charge in [0.2, 0.25) is 5.88 Å². The number of nitrogens with zero attached hydrogens (tertiary/aromatic N) is 6. The van der Waals surface area contributed by atoms with E-state index in [2.05, 4.69) is 20.3 Å². The molecule has 4 aromatic rings. The number of carbonyl (C=O) groups is 1. The van der Waals surface area contributed by atoms with E-state index in [1.165, 1.54) is 13.1 Å². The second kappa shape index (κ2) is 11.6. The monoisotopic (exact) mass is 652 g/mol. The molecule has 2 aromatic carbocycles. The number of aromatic nitrogens is 4. The van der Waals surface area contributed by atoms with Crippen LogP contribution in [0.25, 0.3) is 0 Å². The average Bonchev–Trinajstić information content (AvgIpc) is 3.70. The van der Waals surface area contributed by atoms with Gasteiger partial charge in [0, 0.05) is 35.3 Å². The zero-order valence-corrected chi connectivity index (χ0v) is 24.5. The van der Waals surface area contributed by atoms with Crippen LogP contribution in [-0.2, 0) is 49.8 Å². The van der Waals surface area contributed by atoms with Gasteiger partial charge >= 0.3 is 12.4 Å². The van der Waals surface area contributed by atoms with Crippen LogP contribution in [-0.4, -0.2) is 32.7 Å². The van der Waals surface area contributed by atoms with E-state index in [4.69, 9.17) is 4.74 Å². The summed E-state index contributed by atoms with van der Waals surface area (Å²) in [7, 11) is 0.740. The fourth-order valence-corrected chi connectivity index (χ4v) is 7.55. The lowest BCUT2D eigenvalue weighted by Gasteiger charge is -2.32. The molecule has 0 saturated heterocycles. The number of carbonyl (C=O) groups excluding carboxylic acids is 1. The molecule has 238 valence electrons. The minimum atomic E-state index is -5.00. The molecule has 2 aliphatic rings. The molecule has 0 amide bonds. The van der Waals surface area contributed by atoms with Gasteiger partial charge in [0.05, 0.1) is 37.4 Å². The van der Waals surface area contributed by atoms with Gasteiger partial charge in [0.15, 0.2) is 4.88 Å². The van der Waals surface area contributed by atoms with Crippen molar-refractivity contribution in [3.63, 3.8) is 0 Å². The molecule has 0 bridgehead atoms. The summed E-state index contributed by atoms with van der Waals surface area (Å²) < 4.78 is 88.1. The number of carboxylic acids is 1. The smallest absolute Gasteiger partial charge is 0.416 e. The summed E-state index contributed by atoms with van der Waals surface area (Å²) in [5.74, 6) is -0.869. The van der Waals surface area contributed by atoms with Crippen molar-refractivity contribution < 1.29 is 41.0 Å². The van der Waals surface area contributed by atoms with Crippen LogP contribution < -0.4 is 14.9 Å². The number of rotatable bonds is 7. The number of carboxylic acid groups (broad SMARTS) is 1. The molecule has 1 unspecified atom stereocenters. The zero-order chi connectivity index (χ0) is 32.1. The number of alkyl halides is 6. The summed E-state index contributed by atoms with van der Waals surface area (Å²) in [4.78, 5) is 16.7. The second-order valence-corrected chi connectivity index (χ2v) is 12.7. The summed E-state index contributed by atoms with van der Waals surface area (Å²) in [6.45, 7) is 0.855. The minimum Gasteiger partial charge on any atom is -0.540 e. The van der Waals surface area contributed by atoms with Crippen molar-refractivity contribution >= 4 is 28.1 Å². The first-order valence-corrected chi connectivity index (χ1v) is 15.3. The molecule has 2 aromatic heterocycles. The van der Waals surface area contributed by atoms with Gasteiger partial charge in [-0.3, -0.25) is 0 Å². The van der Waals surface area contributed by atoms with Crippen LogP contribution in [0.5, 0.6) is 0 Å². The molecule has 45 heavy (non-hydrogen) atoms. The number of tetrazole rings is 1. The lowest BCUT2D eigenvalue weighted by Crippen LogP contribution is -2.30. The minimum absolute atomic E-state index is 0.0346. The highest BCUT2D eigenvalue weighted by Crippen LogP contribution is 2.44. The Morgan fingerprint density at radius 1 is 1.07 bits per heavy atom. The summed E-state index contributed by atoms with van der Waals surface area (Å²) in [5.41, 5.74) is 0.312. The first kappa shape index (κ1) is 30.8. The Morgan fingerprint density at radius 2 is 1.76 bits per heavy atom. The largest absolute Gasteiger partial charge is 0.540 e. The Morgan fingerprint density at radius 3 is 2.38 bits per heavy atom. The Balaban J connectivity index is 1.46. The predicted molar refractivity (Wildman–Crippen MR) is 149 cm³/mol. The number of hydrogen-bond acceptors (Lipinski definition) is 8. The third-order valence-electron chi connectivity index (χ3n) is 7.87. The van der Waals surface area contributed by atoms with Crippen LogP contribution in [0.1, 0.15) is 61.9 Å². The number of halogens is 6. The predicted octanol–water partition coefficient (Wildman–Crippen LogP) is 5.40. The van der Waals surface area contributed by atoms with E-state index in [1.807, 2.05) is 17.5 Å². The topological polar surface area (TPSA) is 99.4 Å². The SMILES string of the molecule is Cn1nnc(N(Cc2cc(C(F)(F)F)cc(C(F)(F)F)c2)[C@H]2CCCN(C[s+]3cccc3C(=O)[O-])c3cc4c(cc32)COC4)n1. The third kappa shape index (κ3) is 6.33.